The van der Waals surface area contributed by atoms with E-state index in [4.69, 9.17) is 4.42 Å². The zero-order valence-corrected chi connectivity index (χ0v) is 61.6. The Bertz CT molecular complexity index is 8160. The molecule has 114 heavy (non-hydrogen) atoms. The number of aromatic nitrogens is 1. The van der Waals surface area contributed by atoms with Crippen LogP contribution in [0.25, 0.3) is 180 Å². The van der Waals surface area contributed by atoms with Crippen LogP contribution in [0.3, 0.4) is 0 Å². The Morgan fingerprint density at radius 1 is 0.202 bits per heavy atom. The number of benzene rings is 21. The van der Waals surface area contributed by atoms with Crippen molar-refractivity contribution in [3.8, 4) is 50.2 Å². The summed E-state index contributed by atoms with van der Waals surface area (Å²) < 4.78 is 86.7. The molecule has 0 aliphatic heterocycles. The van der Waals surface area contributed by atoms with Crippen molar-refractivity contribution in [2.75, 3.05) is 9.80 Å². The average Bonchev–Trinajstić information content (AvgIpc) is 1.51. The molecule has 2 aromatic heterocycles. The van der Waals surface area contributed by atoms with Crippen LogP contribution in [-0.2, 0) is 0 Å². The predicted octanol–water partition coefficient (Wildman–Crippen LogP) is 31.2. The highest BCUT2D eigenvalue weighted by molar-refractivity contribution is 6.20. The van der Waals surface area contributed by atoms with Gasteiger partial charge >= 0.3 is 0 Å². The van der Waals surface area contributed by atoms with Crippen LogP contribution in [0.5, 0.6) is 0 Å². The van der Waals surface area contributed by atoms with Crippen molar-refractivity contribution in [2.45, 2.75) is 0 Å². The van der Waals surface area contributed by atoms with Gasteiger partial charge in [0, 0.05) is 71.9 Å². The molecule has 4 heteroatoms. The Labute approximate surface area is 670 Å². The lowest BCUT2D eigenvalue weighted by Gasteiger charge is -2.28. The fourth-order valence-corrected chi connectivity index (χ4v) is 17.5. The molecular weight excluding hydrogens is 1380 g/mol. The van der Waals surface area contributed by atoms with E-state index in [2.05, 4.69) is 194 Å². The molecule has 23 rings (SSSR count). The van der Waals surface area contributed by atoms with Gasteiger partial charge in [-0.05, 0) is 206 Å². The second-order valence-corrected chi connectivity index (χ2v) is 29.1. The molecule has 0 spiro atoms. The first-order chi connectivity index (χ1) is 59.9. The van der Waals surface area contributed by atoms with Crippen LogP contribution in [0.2, 0.25) is 0 Å². The van der Waals surface area contributed by atoms with Crippen molar-refractivity contribution < 1.29 is 15.4 Å². The molecule has 2 heterocycles. The Hall–Kier alpha value is -15.1. The van der Waals surface area contributed by atoms with Gasteiger partial charge in [-0.15, -0.1) is 0 Å². The van der Waals surface area contributed by atoms with Gasteiger partial charge in [-0.25, -0.2) is 0 Å². The summed E-state index contributed by atoms with van der Waals surface area (Å²) >= 11 is 0. The minimum absolute atomic E-state index is 0.114. The number of para-hydroxylation sites is 4. The molecule has 532 valence electrons. The summed E-state index contributed by atoms with van der Waals surface area (Å²) in [5, 5.41) is 21.3. The first kappa shape index (κ1) is 57.9. The van der Waals surface area contributed by atoms with E-state index in [0.29, 0.717) is 22.4 Å². The Morgan fingerprint density at radius 2 is 0.509 bits per heavy atom. The van der Waals surface area contributed by atoms with Gasteiger partial charge in [0.05, 0.1) is 33.4 Å². The SMILES string of the molecule is [2H]c1c([2H])c(-n2c3ccccc3c3ccccc32)c([2H])c([2H])c1N(c1ccc(-c2cc3ccccc3c3ccccc23)cc1)c1cc2ccccc2c2ccccc12.[2H]c1c([2H])c(N(c2ccc(-c3cc4ccccc4c4ccccc34)cc2)c2cc3ccccc3c3ccccc23)c([2H])c([2H])c1-c1cccc2c1oc1c(-c3ccccc3)cccc12. The van der Waals surface area contributed by atoms with Crippen LogP contribution < -0.4 is 9.80 Å². The van der Waals surface area contributed by atoms with Gasteiger partial charge in [0.2, 0.25) is 0 Å². The molecule has 0 saturated heterocycles. The fourth-order valence-electron chi connectivity index (χ4n) is 17.5. The zero-order valence-electron chi connectivity index (χ0n) is 69.6. The van der Waals surface area contributed by atoms with E-state index in [1.165, 1.54) is 21.5 Å². The van der Waals surface area contributed by atoms with Crippen molar-refractivity contribution in [1.29, 1.82) is 0 Å². The van der Waals surface area contributed by atoms with Gasteiger partial charge in [0.25, 0.3) is 0 Å². The number of hydrogen-bond donors (Lipinski definition) is 0. The molecule has 0 atom stereocenters. The Morgan fingerprint density at radius 3 is 0.930 bits per heavy atom. The molecular formula is C110H71N3O. The maximum absolute atomic E-state index is 9.87. The summed E-state index contributed by atoms with van der Waals surface area (Å²) in [4.78, 5) is 3.84. The van der Waals surface area contributed by atoms with E-state index in [0.717, 1.165) is 148 Å². The van der Waals surface area contributed by atoms with Crippen molar-refractivity contribution >= 4 is 164 Å². The van der Waals surface area contributed by atoms with Gasteiger partial charge in [-0.3, -0.25) is 0 Å². The van der Waals surface area contributed by atoms with Crippen molar-refractivity contribution in [3.05, 3.63) is 431 Å². The second-order valence-electron chi connectivity index (χ2n) is 29.1. The first-order valence-electron chi connectivity index (χ1n) is 42.5. The topological polar surface area (TPSA) is 24.6 Å². The number of hydrogen-bond acceptors (Lipinski definition) is 3. The Kier molecular flexibility index (Phi) is 14.0. The van der Waals surface area contributed by atoms with Gasteiger partial charge in [-0.1, -0.05) is 334 Å². The molecule has 0 saturated carbocycles. The van der Waals surface area contributed by atoms with Crippen LogP contribution in [0.4, 0.5) is 34.1 Å². The molecule has 23 aromatic rings. The molecule has 0 amide bonds. The normalized spacial score (nSPS) is 12.7. The van der Waals surface area contributed by atoms with Crippen LogP contribution >= 0.6 is 0 Å². The highest BCUT2D eigenvalue weighted by atomic mass is 16.3. The van der Waals surface area contributed by atoms with E-state index < -0.39 is 0 Å². The number of rotatable bonds is 11. The molecule has 0 aliphatic rings. The van der Waals surface area contributed by atoms with Gasteiger partial charge in [-0.2, -0.15) is 0 Å². The van der Waals surface area contributed by atoms with Crippen molar-refractivity contribution in [1.82, 2.24) is 4.57 Å². The molecule has 0 unspecified atom stereocenters. The second kappa shape index (κ2) is 27.5. The third-order valence-corrected chi connectivity index (χ3v) is 22.7. The van der Waals surface area contributed by atoms with Gasteiger partial charge < -0.3 is 18.8 Å². The zero-order chi connectivity index (χ0) is 82.1. The maximum atomic E-state index is 9.87. The summed E-state index contributed by atoms with van der Waals surface area (Å²) in [7, 11) is 0. The first-order valence-corrected chi connectivity index (χ1v) is 38.5. The third-order valence-electron chi connectivity index (χ3n) is 22.7. The van der Waals surface area contributed by atoms with Gasteiger partial charge in [0.15, 0.2) is 0 Å². The van der Waals surface area contributed by atoms with Crippen LogP contribution in [0, 0.1) is 0 Å². The lowest BCUT2D eigenvalue weighted by molar-refractivity contribution is 0.671. The van der Waals surface area contributed by atoms with E-state index in [-0.39, 0.29) is 71.0 Å². The van der Waals surface area contributed by atoms with E-state index >= 15 is 0 Å². The molecule has 21 aromatic carbocycles. The predicted molar refractivity (Wildman–Crippen MR) is 486 cm³/mol. The average molecular weight is 1460 g/mol. The van der Waals surface area contributed by atoms with Crippen molar-refractivity contribution in [3.63, 3.8) is 0 Å². The molecule has 4 nitrogen and oxygen atoms in total. The standard InChI is InChI=1S/C58H37NO.C52H34N2/c1-2-14-38(15-3-1)47-24-12-26-53-54-27-13-25-48(58(54)60-57(47)53)39-28-32-43(33-29-39)59(56-37-42-17-5-7-19-46(42)50-21-10-11-23-52(50)56)44-34-30-40(31-35-44)55-36-41-16-4-6-18-45(41)49-20-8-9-22-51(49)55;1-3-15-41-36(13-1)33-49(45-19-6-5-17-43(41)45)35-25-27-38(28-26-35)53(52-34-37-14-2-4-16-42(37)44-18-7-8-20-46(44)52)39-29-31-40(32-30-39)54-50-23-11-9-21-47(50)48-22-10-12-24-51(48)54/h1-37H;1-34H/i28D,29D,32D,33D;29D,30D,31D,32D. The molecule has 0 radical (unpaired) electrons. The summed E-state index contributed by atoms with van der Waals surface area (Å²) in [5.41, 5.74) is 13.3. The van der Waals surface area contributed by atoms with Gasteiger partial charge in [0.1, 0.15) is 11.2 Å². The number of anilines is 6. The van der Waals surface area contributed by atoms with E-state index in [1.54, 1.807) is 0 Å². The van der Waals surface area contributed by atoms with E-state index in [1.807, 2.05) is 202 Å². The summed E-state index contributed by atoms with van der Waals surface area (Å²) in [6.07, 6.45) is 0. The Balaban J connectivity index is 0.000000146. The van der Waals surface area contributed by atoms with Crippen LogP contribution in [0.15, 0.2) is 435 Å². The number of furan rings is 1. The third kappa shape index (κ3) is 11.1. The molecule has 0 aliphatic carbocycles. The van der Waals surface area contributed by atoms with E-state index in [9.17, 15) is 11.0 Å². The highest BCUT2D eigenvalue weighted by Crippen LogP contribution is 2.49. The quantitative estimate of drug-likeness (QED) is 0.121. The van der Waals surface area contributed by atoms with Crippen molar-refractivity contribution in [2.24, 2.45) is 0 Å². The largest absolute Gasteiger partial charge is 0.455 e. The van der Waals surface area contributed by atoms with Crippen LogP contribution in [0.1, 0.15) is 11.0 Å². The summed E-state index contributed by atoms with van der Waals surface area (Å²) in [6.45, 7) is 0. The number of nitrogens with zero attached hydrogens (tertiary/aromatic N) is 3. The number of fused-ring (bicyclic) bond motifs is 18. The molecule has 0 N–H and O–H groups in total. The lowest BCUT2D eigenvalue weighted by Crippen LogP contribution is -2.11. The minimum Gasteiger partial charge on any atom is -0.455 e. The van der Waals surface area contributed by atoms with Crippen LogP contribution in [-0.4, -0.2) is 4.57 Å². The minimum atomic E-state index is -0.157. The highest BCUT2D eigenvalue weighted by Gasteiger charge is 2.24. The molecule has 0 fully saturated rings. The maximum Gasteiger partial charge on any atom is 0.143 e. The summed E-state index contributed by atoms with van der Waals surface area (Å²) in [6, 6.07) is 129. The lowest BCUT2D eigenvalue weighted by atomic mass is 9.93. The molecule has 0 bridgehead atoms. The monoisotopic (exact) mass is 1460 g/mol. The summed E-state index contributed by atoms with van der Waals surface area (Å²) in [5.74, 6) is 0. The smallest absolute Gasteiger partial charge is 0.143 e. The fraction of sp³-hybridized carbons (Fsp3) is 0.